The molecule has 2 aromatic carbocycles. The molecule has 29 heavy (non-hydrogen) atoms. The monoisotopic (exact) mass is 404 g/mol. The van der Waals surface area contributed by atoms with E-state index in [1.165, 1.54) is 18.1 Å². The smallest absolute Gasteiger partial charge is 0.234 e. The lowest BCUT2D eigenvalue weighted by atomic mass is 10.1. The first-order valence-corrected chi connectivity index (χ1v) is 10.3. The molecule has 0 aliphatic heterocycles. The molecule has 0 aliphatic carbocycles. The van der Waals surface area contributed by atoms with Gasteiger partial charge >= 0.3 is 0 Å². The zero-order chi connectivity index (χ0) is 20.1. The van der Waals surface area contributed by atoms with Crippen molar-refractivity contribution in [2.45, 2.75) is 11.9 Å². The summed E-state index contributed by atoms with van der Waals surface area (Å²) in [6.45, 7) is 2.45. The van der Waals surface area contributed by atoms with E-state index < -0.39 is 0 Å². The molecule has 0 radical (unpaired) electrons. The van der Waals surface area contributed by atoms with Gasteiger partial charge < -0.3 is 15.0 Å². The Labute approximate surface area is 172 Å². The SMILES string of the molecule is CCOc1ccccc1NC(=O)CSc1ncnc2c(-c3ccccc3)c[nH]c12. The van der Waals surface area contributed by atoms with Crippen LogP contribution in [0.1, 0.15) is 6.92 Å². The molecule has 0 spiro atoms. The third-order valence-corrected chi connectivity index (χ3v) is 5.30. The highest BCUT2D eigenvalue weighted by Gasteiger charge is 2.14. The molecule has 0 saturated carbocycles. The Balaban J connectivity index is 1.49. The zero-order valence-electron chi connectivity index (χ0n) is 15.9. The number of hydrogen-bond acceptors (Lipinski definition) is 5. The highest BCUT2D eigenvalue weighted by molar-refractivity contribution is 8.00. The second kappa shape index (κ2) is 8.79. The van der Waals surface area contributed by atoms with Crippen molar-refractivity contribution in [2.75, 3.05) is 17.7 Å². The maximum Gasteiger partial charge on any atom is 0.234 e. The number of thioether (sulfide) groups is 1. The number of nitrogens with zero attached hydrogens (tertiary/aromatic N) is 2. The van der Waals surface area contributed by atoms with Crippen molar-refractivity contribution in [2.24, 2.45) is 0 Å². The highest BCUT2D eigenvalue weighted by atomic mass is 32.2. The van der Waals surface area contributed by atoms with E-state index in [9.17, 15) is 4.79 Å². The van der Waals surface area contributed by atoms with Gasteiger partial charge in [-0.3, -0.25) is 4.79 Å². The first kappa shape index (κ1) is 19.0. The predicted molar refractivity (Wildman–Crippen MR) is 116 cm³/mol. The lowest BCUT2D eigenvalue weighted by Gasteiger charge is -2.11. The Kier molecular flexibility index (Phi) is 5.76. The summed E-state index contributed by atoms with van der Waals surface area (Å²) in [5.74, 6) is 0.769. The molecule has 7 heteroatoms. The van der Waals surface area contributed by atoms with E-state index in [-0.39, 0.29) is 11.7 Å². The molecule has 2 N–H and O–H groups in total. The minimum Gasteiger partial charge on any atom is -0.492 e. The minimum absolute atomic E-state index is 0.122. The quantitative estimate of drug-likeness (QED) is 0.343. The summed E-state index contributed by atoms with van der Waals surface area (Å²) < 4.78 is 5.56. The third kappa shape index (κ3) is 4.25. The van der Waals surface area contributed by atoms with Gasteiger partial charge in [0.15, 0.2) is 0 Å². The van der Waals surface area contributed by atoms with Crippen molar-refractivity contribution in [3.63, 3.8) is 0 Å². The molecule has 0 aliphatic rings. The van der Waals surface area contributed by atoms with Crippen molar-refractivity contribution in [3.8, 4) is 16.9 Å². The van der Waals surface area contributed by atoms with E-state index in [0.717, 1.165) is 27.2 Å². The van der Waals surface area contributed by atoms with E-state index in [1.54, 1.807) is 0 Å². The second-order valence-electron chi connectivity index (χ2n) is 6.24. The van der Waals surface area contributed by atoms with E-state index in [4.69, 9.17) is 4.74 Å². The van der Waals surface area contributed by atoms with Crippen molar-refractivity contribution in [1.82, 2.24) is 15.0 Å². The van der Waals surface area contributed by atoms with Gasteiger partial charge in [0.2, 0.25) is 5.91 Å². The van der Waals surface area contributed by atoms with E-state index in [1.807, 2.05) is 67.7 Å². The molecule has 0 atom stereocenters. The Morgan fingerprint density at radius 3 is 2.72 bits per heavy atom. The fourth-order valence-corrected chi connectivity index (χ4v) is 3.80. The van der Waals surface area contributed by atoms with Crippen molar-refractivity contribution in [3.05, 3.63) is 67.1 Å². The topological polar surface area (TPSA) is 79.9 Å². The van der Waals surface area contributed by atoms with Crippen LogP contribution < -0.4 is 10.1 Å². The first-order chi connectivity index (χ1) is 14.3. The molecule has 0 fully saturated rings. The van der Waals surface area contributed by atoms with Crippen LogP contribution >= 0.6 is 11.8 Å². The number of nitrogens with one attached hydrogen (secondary N) is 2. The minimum atomic E-state index is -0.122. The van der Waals surface area contributed by atoms with Crippen LogP contribution in [-0.4, -0.2) is 33.2 Å². The summed E-state index contributed by atoms with van der Waals surface area (Å²) in [5, 5.41) is 3.65. The molecule has 0 bridgehead atoms. The number of para-hydroxylation sites is 2. The molecule has 6 nitrogen and oxygen atoms in total. The number of anilines is 1. The van der Waals surface area contributed by atoms with Gasteiger partial charge in [-0.05, 0) is 24.6 Å². The number of fused-ring (bicyclic) bond motifs is 1. The van der Waals surface area contributed by atoms with Crippen LogP contribution in [-0.2, 0) is 4.79 Å². The number of amides is 1. The largest absolute Gasteiger partial charge is 0.492 e. The van der Waals surface area contributed by atoms with Crippen molar-refractivity contribution >= 4 is 34.4 Å². The van der Waals surface area contributed by atoms with Gasteiger partial charge in [0.25, 0.3) is 0 Å². The molecule has 2 aromatic heterocycles. The first-order valence-electron chi connectivity index (χ1n) is 9.28. The van der Waals surface area contributed by atoms with Gasteiger partial charge in [0.05, 0.1) is 23.6 Å². The molecule has 0 unspecified atom stereocenters. The average molecular weight is 404 g/mol. The lowest BCUT2D eigenvalue weighted by molar-refractivity contribution is -0.113. The van der Waals surface area contributed by atoms with Crippen LogP contribution in [0.25, 0.3) is 22.2 Å². The molecule has 0 saturated heterocycles. The van der Waals surface area contributed by atoms with Crippen molar-refractivity contribution in [1.29, 1.82) is 0 Å². The van der Waals surface area contributed by atoms with E-state index in [2.05, 4.69) is 20.3 Å². The Bertz CT molecular complexity index is 1130. The van der Waals surface area contributed by atoms with Crippen LogP contribution in [0, 0.1) is 0 Å². The Morgan fingerprint density at radius 2 is 1.90 bits per heavy atom. The van der Waals surface area contributed by atoms with Gasteiger partial charge in [0, 0.05) is 11.8 Å². The number of hydrogen-bond donors (Lipinski definition) is 2. The number of carbonyl (C=O) groups is 1. The molecule has 4 rings (SSSR count). The van der Waals surface area contributed by atoms with Crippen LogP contribution in [0.3, 0.4) is 0 Å². The molecular weight excluding hydrogens is 384 g/mol. The summed E-state index contributed by atoms with van der Waals surface area (Å²) in [6.07, 6.45) is 3.46. The number of H-pyrrole nitrogens is 1. The Morgan fingerprint density at radius 1 is 1.10 bits per heavy atom. The van der Waals surface area contributed by atoms with Gasteiger partial charge in [-0.2, -0.15) is 0 Å². The lowest BCUT2D eigenvalue weighted by Crippen LogP contribution is -2.15. The number of aromatic amines is 1. The van der Waals surface area contributed by atoms with Crippen molar-refractivity contribution < 1.29 is 9.53 Å². The third-order valence-electron chi connectivity index (χ3n) is 4.31. The zero-order valence-corrected chi connectivity index (χ0v) is 16.7. The molecule has 1 amide bonds. The van der Waals surface area contributed by atoms with Crippen LogP contribution in [0.15, 0.2) is 72.1 Å². The maximum absolute atomic E-state index is 12.5. The fourth-order valence-electron chi connectivity index (χ4n) is 3.04. The number of benzene rings is 2. The summed E-state index contributed by atoms with van der Waals surface area (Å²) >= 11 is 1.37. The van der Waals surface area contributed by atoms with E-state index >= 15 is 0 Å². The van der Waals surface area contributed by atoms with Gasteiger partial charge in [-0.15, -0.1) is 0 Å². The van der Waals surface area contributed by atoms with Crippen LogP contribution in [0.5, 0.6) is 5.75 Å². The fraction of sp³-hybridized carbons (Fsp3) is 0.136. The Hall–Kier alpha value is -3.32. The number of rotatable bonds is 7. The number of ether oxygens (including phenoxy) is 1. The highest BCUT2D eigenvalue weighted by Crippen LogP contribution is 2.31. The second-order valence-corrected chi connectivity index (χ2v) is 7.20. The summed E-state index contributed by atoms with van der Waals surface area (Å²) in [7, 11) is 0. The van der Waals surface area contributed by atoms with Crippen LogP contribution in [0.4, 0.5) is 5.69 Å². The molecule has 146 valence electrons. The molecular formula is C22H20N4O2S. The van der Waals surface area contributed by atoms with Crippen LogP contribution in [0.2, 0.25) is 0 Å². The van der Waals surface area contributed by atoms with Gasteiger partial charge in [0.1, 0.15) is 22.6 Å². The number of aromatic nitrogens is 3. The number of carbonyl (C=O) groups excluding carboxylic acids is 1. The average Bonchev–Trinajstić information content (AvgIpc) is 3.19. The molecule has 4 aromatic rings. The summed E-state index contributed by atoms with van der Waals surface area (Å²) in [6, 6.07) is 17.5. The van der Waals surface area contributed by atoms with Gasteiger partial charge in [-0.1, -0.05) is 54.2 Å². The van der Waals surface area contributed by atoms with E-state index in [0.29, 0.717) is 18.0 Å². The normalized spacial score (nSPS) is 10.8. The maximum atomic E-state index is 12.5. The standard InChI is InChI=1S/C22H20N4O2S/c1-2-28-18-11-7-6-10-17(18)26-19(27)13-29-22-21-20(24-14-25-22)16(12-23-21)15-8-4-3-5-9-15/h3-12,14,23H,2,13H2,1H3,(H,26,27). The molecule has 2 heterocycles. The van der Waals surface area contributed by atoms with Gasteiger partial charge in [-0.25, -0.2) is 9.97 Å². The summed E-state index contributed by atoms with van der Waals surface area (Å²) in [5.41, 5.74) is 4.44. The predicted octanol–water partition coefficient (Wildman–Crippen LogP) is 4.75. The summed E-state index contributed by atoms with van der Waals surface area (Å²) in [4.78, 5) is 24.5.